The molecule has 1 fully saturated rings. The van der Waals surface area contributed by atoms with Gasteiger partial charge in [0.15, 0.2) is 0 Å². The van der Waals surface area contributed by atoms with Gasteiger partial charge in [0, 0.05) is 31.6 Å². The zero-order valence-electron chi connectivity index (χ0n) is 12.2. The van der Waals surface area contributed by atoms with E-state index in [1.807, 2.05) is 6.07 Å². The maximum atomic E-state index is 4.61. The summed E-state index contributed by atoms with van der Waals surface area (Å²) in [6.45, 7) is 7.37. The fourth-order valence-electron chi connectivity index (χ4n) is 2.44. The largest absolute Gasteiger partial charge is 0.370 e. The number of hydrogen-bond donors (Lipinski definition) is 2. The van der Waals surface area contributed by atoms with Crippen LogP contribution in [0.3, 0.4) is 0 Å². The SMILES string of the molecule is CCCc1nc(NCC)cc(NC2CCN(C)C2)n1. The van der Waals surface area contributed by atoms with Crippen molar-refractivity contribution >= 4 is 11.6 Å². The molecule has 1 aromatic rings. The Labute approximate surface area is 115 Å². The number of likely N-dealkylation sites (tertiary alicyclic amines) is 1. The molecule has 2 N–H and O–H groups in total. The van der Waals surface area contributed by atoms with Gasteiger partial charge in [-0.1, -0.05) is 6.92 Å². The standard InChI is InChI=1S/C14H25N5/c1-4-6-12-17-13(15-5-2)9-14(18-12)16-11-7-8-19(3)10-11/h9,11H,4-8,10H2,1-3H3,(H2,15,16,17,18). The Balaban J connectivity index is 2.09. The first kappa shape index (κ1) is 14.1. The van der Waals surface area contributed by atoms with Crippen LogP contribution in [0.2, 0.25) is 0 Å². The Bertz CT molecular complexity index is 383. The van der Waals surface area contributed by atoms with Crippen molar-refractivity contribution in [3.8, 4) is 0 Å². The second-order valence-electron chi connectivity index (χ2n) is 5.23. The van der Waals surface area contributed by atoms with Crippen LogP contribution in [0.15, 0.2) is 6.07 Å². The lowest BCUT2D eigenvalue weighted by atomic mass is 10.2. The quantitative estimate of drug-likeness (QED) is 0.822. The van der Waals surface area contributed by atoms with E-state index in [1.165, 1.54) is 6.42 Å². The summed E-state index contributed by atoms with van der Waals surface area (Å²) in [7, 11) is 2.16. The van der Waals surface area contributed by atoms with E-state index in [4.69, 9.17) is 0 Å². The molecule has 106 valence electrons. The van der Waals surface area contributed by atoms with Crippen molar-refractivity contribution in [2.45, 2.75) is 39.2 Å². The number of rotatable bonds is 6. The molecule has 2 rings (SSSR count). The summed E-state index contributed by atoms with van der Waals surface area (Å²) in [6.07, 6.45) is 3.18. The third kappa shape index (κ3) is 4.06. The minimum absolute atomic E-state index is 0.504. The van der Waals surface area contributed by atoms with Gasteiger partial charge in [0.2, 0.25) is 0 Å². The minimum Gasteiger partial charge on any atom is -0.370 e. The van der Waals surface area contributed by atoms with Crippen LogP contribution in [0.25, 0.3) is 0 Å². The first-order chi connectivity index (χ1) is 9.21. The smallest absolute Gasteiger partial charge is 0.133 e. The molecule has 2 heterocycles. The van der Waals surface area contributed by atoms with Crippen molar-refractivity contribution in [2.75, 3.05) is 37.3 Å². The van der Waals surface area contributed by atoms with Crippen molar-refractivity contribution in [3.05, 3.63) is 11.9 Å². The van der Waals surface area contributed by atoms with Crippen LogP contribution in [0.5, 0.6) is 0 Å². The molecule has 1 aromatic heterocycles. The van der Waals surface area contributed by atoms with Gasteiger partial charge >= 0.3 is 0 Å². The highest BCUT2D eigenvalue weighted by atomic mass is 15.2. The molecule has 19 heavy (non-hydrogen) atoms. The molecule has 0 spiro atoms. The highest BCUT2D eigenvalue weighted by Gasteiger charge is 2.19. The highest BCUT2D eigenvalue weighted by Crippen LogP contribution is 2.16. The molecule has 0 aliphatic carbocycles. The number of likely N-dealkylation sites (N-methyl/N-ethyl adjacent to an activating group) is 1. The maximum absolute atomic E-state index is 4.61. The van der Waals surface area contributed by atoms with E-state index in [9.17, 15) is 0 Å². The number of nitrogens with zero attached hydrogens (tertiary/aromatic N) is 3. The highest BCUT2D eigenvalue weighted by molar-refractivity contribution is 5.48. The van der Waals surface area contributed by atoms with Crippen LogP contribution in [0, 0.1) is 0 Å². The molecular weight excluding hydrogens is 238 g/mol. The molecular formula is C14H25N5. The Hall–Kier alpha value is -1.36. The predicted molar refractivity (Wildman–Crippen MR) is 79.7 cm³/mol. The summed E-state index contributed by atoms with van der Waals surface area (Å²) in [5, 5.41) is 6.81. The molecule has 1 unspecified atom stereocenters. The summed E-state index contributed by atoms with van der Waals surface area (Å²) < 4.78 is 0. The summed E-state index contributed by atoms with van der Waals surface area (Å²) in [5.74, 6) is 2.80. The van der Waals surface area contributed by atoms with Crippen molar-refractivity contribution < 1.29 is 0 Å². The molecule has 0 saturated carbocycles. The van der Waals surface area contributed by atoms with E-state index in [-0.39, 0.29) is 0 Å². The van der Waals surface area contributed by atoms with Gasteiger partial charge < -0.3 is 15.5 Å². The third-order valence-corrected chi connectivity index (χ3v) is 3.35. The van der Waals surface area contributed by atoms with E-state index >= 15 is 0 Å². The summed E-state index contributed by atoms with van der Waals surface area (Å²) >= 11 is 0. The minimum atomic E-state index is 0.504. The fourth-order valence-corrected chi connectivity index (χ4v) is 2.44. The van der Waals surface area contributed by atoms with Crippen LogP contribution < -0.4 is 10.6 Å². The zero-order chi connectivity index (χ0) is 13.7. The average Bonchev–Trinajstić information content (AvgIpc) is 2.75. The zero-order valence-corrected chi connectivity index (χ0v) is 12.2. The Morgan fingerprint density at radius 2 is 2.11 bits per heavy atom. The van der Waals surface area contributed by atoms with E-state index in [0.29, 0.717) is 6.04 Å². The van der Waals surface area contributed by atoms with Gasteiger partial charge in [-0.3, -0.25) is 0 Å². The second kappa shape index (κ2) is 6.70. The van der Waals surface area contributed by atoms with Crippen molar-refractivity contribution in [1.29, 1.82) is 0 Å². The van der Waals surface area contributed by atoms with Gasteiger partial charge in [0.1, 0.15) is 17.5 Å². The topological polar surface area (TPSA) is 53.1 Å². The second-order valence-corrected chi connectivity index (χ2v) is 5.23. The number of aryl methyl sites for hydroxylation is 1. The lowest BCUT2D eigenvalue weighted by molar-refractivity contribution is 0.414. The van der Waals surface area contributed by atoms with Crippen molar-refractivity contribution in [3.63, 3.8) is 0 Å². The van der Waals surface area contributed by atoms with E-state index in [1.54, 1.807) is 0 Å². The summed E-state index contributed by atoms with van der Waals surface area (Å²) in [4.78, 5) is 11.5. The lowest BCUT2D eigenvalue weighted by Gasteiger charge is -2.15. The lowest BCUT2D eigenvalue weighted by Crippen LogP contribution is -2.24. The van der Waals surface area contributed by atoms with Crippen molar-refractivity contribution in [2.24, 2.45) is 0 Å². The van der Waals surface area contributed by atoms with E-state index < -0.39 is 0 Å². The van der Waals surface area contributed by atoms with Crippen LogP contribution in [0.4, 0.5) is 11.6 Å². The van der Waals surface area contributed by atoms with Crippen LogP contribution >= 0.6 is 0 Å². The summed E-state index contributed by atoms with van der Waals surface area (Å²) in [6, 6.07) is 2.52. The van der Waals surface area contributed by atoms with Gasteiger partial charge in [0.05, 0.1) is 0 Å². The predicted octanol–water partition coefficient (Wildman–Crippen LogP) is 1.98. The molecule has 0 amide bonds. The first-order valence-electron chi connectivity index (χ1n) is 7.28. The average molecular weight is 263 g/mol. The Morgan fingerprint density at radius 1 is 1.32 bits per heavy atom. The normalized spacial score (nSPS) is 19.6. The van der Waals surface area contributed by atoms with Gasteiger partial charge in [-0.05, 0) is 33.4 Å². The van der Waals surface area contributed by atoms with Crippen molar-refractivity contribution in [1.82, 2.24) is 14.9 Å². The van der Waals surface area contributed by atoms with Gasteiger partial charge in [0.25, 0.3) is 0 Å². The Kier molecular flexibility index (Phi) is 4.96. The molecule has 1 atom stereocenters. The first-order valence-corrected chi connectivity index (χ1v) is 7.28. The van der Waals surface area contributed by atoms with Gasteiger partial charge in [-0.15, -0.1) is 0 Å². The van der Waals surface area contributed by atoms with Crippen LogP contribution in [-0.4, -0.2) is 47.6 Å². The fraction of sp³-hybridized carbons (Fsp3) is 0.714. The van der Waals surface area contributed by atoms with Gasteiger partial charge in [-0.2, -0.15) is 0 Å². The Morgan fingerprint density at radius 3 is 2.74 bits per heavy atom. The molecule has 5 heteroatoms. The number of hydrogen-bond acceptors (Lipinski definition) is 5. The summed E-state index contributed by atoms with van der Waals surface area (Å²) in [5.41, 5.74) is 0. The number of aromatic nitrogens is 2. The van der Waals surface area contributed by atoms with E-state index in [2.05, 4.69) is 46.4 Å². The third-order valence-electron chi connectivity index (χ3n) is 3.35. The van der Waals surface area contributed by atoms with Crippen LogP contribution in [-0.2, 0) is 6.42 Å². The molecule has 0 aromatic carbocycles. The molecule has 1 aliphatic heterocycles. The molecule has 0 radical (unpaired) electrons. The molecule has 0 bridgehead atoms. The molecule has 1 aliphatic rings. The van der Waals surface area contributed by atoms with Gasteiger partial charge in [-0.25, -0.2) is 9.97 Å². The monoisotopic (exact) mass is 263 g/mol. The molecule has 5 nitrogen and oxygen atoms in total. The van der Waals surface area contributed by atoms with E-state index in [0.717, 1.165) is 49.9 Å². The number of nitrogens with one attached hydrogen (secondary N) is 2. The number of anilines is 2. The maximum Gasteiger partial charge on any atom is 0.133 e. The molecule has 1 saturated heterocycles. The van der Waals surface area contributed by atoms with Crippen LogP contribution in [0.1, 0.15) is 32.5 Å².